The molecule has 1 aliphatic rings. The lowest BCUT2D eigenvalue weighted by atomic mass is 10.2. The normalized spacial score (nSPS) is 15.9. The van der Waals surface area contributed by atoms with Crippen molar-refractivity contribution in [3.8, 4) is 0 Å². The van der Waals surface area contributed by atoms with E-state index in [-0.39, 0.29) is 5.91 Å². The number of hydrogen-bond donors (Lipinski definition) is 2. The Morgan fingerprint density at radius 1 is 1.35 bits per heavy atom. The zero-order chi connectivity index (χ0) is 14.1. The quantitative estimate of drug-likeness (QED) is 0.861. The number of carbonyl (C=O) groups is 1. The number of aliphatic hydroxyl groups excluding tert-OH is 1. The summed E-state index contributed by atoms with van der Waals surface area (Å²) in [4.78, 5) is 15.3. The Balaban J connectivity index is 1.83. The molecule has 1 aliphatic heterocycles. The lowest BCUT2D eigenvalue weighted by Crippen LogP contribution is -2.49. The number of fused-ring (bicyclic) bond motifs is 1. The van der Waals surface area contributed by atoms with Gasteiger partial charge in [0.2, 0.25) is 5.91 Å². The van der Waals surface area contributed by atoms with Crippen molar-refractivity contribution in [2.24, 2.45) is 0 Å². The number of rotatable bonds is 2. The minimum Gasteiger partial charge on any atom is -0.387 e. The lowest BCUT2D eigenvalue weighted by molar-refractivity contribution is -0.134. The first-order chi connectivity index (χ1) is 9.69. The van der Waals surface area contributed by atoms with Crippen LogP contribution < -0.4 is 4.90 Å². The summed E-state index contributed by atoms with van der Waals surface area (Å²) in [7, 11) is 0. The van der Waals surface area contributed by atoms with Gasteiger partial charge in [-0.2, -0.15) is 5.10 Å². The predicted molar refractivity (Wildman–Crippen MR) is 77.0 cm³/mol. The molecule has 0 atom stereocenters. The molecule has 0 bridgehead atoms. The Hall–Kier alpha value is -1.79. The topological polar surface area (TPSA) is 72.5 Å². The van der Waals surface area contributed by atoms with Crippen LogP contribution in [0, 0.1) is 0 Å². The van der Waals surface area contributed by atoms with Crippen molar-refractivity contribution in [3.05, 3.63) is 23.4 Å². The summed E-state index contributed by atoms with van der Waals surface area (Å²) in [5, 5.41) is 17.5. The number of halogens is 1. The van der Waals surface area contributed by atoms with Gasteiger partial charge in [-0.1, -0.05) is 11.6 Å². The number of piperazine rings is 1. The number of hydrogen-bond acceptors (Lipinski definition) is 4. The van der Waals surface area contributed by atoms with Gasteiger partial charge in [0.25, 0.3) is 0 Å². The van der Waals surface area contributed by atoms with Crippen LogP contribution >= 0.6 is 11.6 Å². The molecule has 0 spiro atoms. The number of aliphatic hydroxyl groups is 1. The number of carbonyl (C=O) groups excluding carboxylic acids is 1. The van der Waals surface area contributed by atoms with Crippen molar-refractivity contribution in [1.82, 2.24) is 15.1 Å². The molecule has 1 saturated heterocycles. The van der Waals surface area contributed by atoms with Gasteiger partial charge in [0.15, 0.2) is 0 Å². The molecule has 106 valence electrons. The average Bonchev–Trinajstić information content (AvgIpc) is 2.94. The number of amides is 1. The van der Waals surface area contributed by atoms with Gasteiger partial charge in [-0.05, 0) is 12.1 Å². The van der Waals surface area contributed by atoms with Crippen molar-refractivity contribution in [1.29, 1.82) is 0 Å². The number of aromatic amines is 1. The van der Waals surface area contributed by atoms with E-state index in [2.05, 4.69) is 15.1 Å². The molecule has 1 amide bonds. The highest BCUT2D eigenvalue weighted by Crippen LogP contribution is 2.30. The van der Waals surface area contributed by atoms with E-state index in [9.17, 15) is 4.79 Å². The minimum atomic E-state index is -0.427. The molecule has 3 rings (SSSR count). The molecule has 6 nitrogen and oxygen atoms in total. The highest BCUT2D eigenvalue weighted by molar-refractivity contribution is 6.31. The van der Waals surface area contributed by atoms with Crippen molar-refractivity contribution in [2.45, 2.75) is 0 Å². The maximum absolute atomic E-state index is 11.5. The van der Waals surface area contributed by atoms with Crippen molar-refractivity contribution >= 4 is 34.1 Å². The summed E-state index contributed by atoms with van der Waals surface area (Å²) in [5.41, 5.74) is 1.93. The smallest absolute Gasteiger partial charge is 0.248 e. The van der Waals surface area contributed by atoms with Crippen molar-refractivity contribution < 1.29 is 9.90 Å². The van der Waals surface area contributed by atoms with E-state index in [0.29, 0.717) is 31.2 Å². The van der Waals surface area contributed by atoms with Gasteiger partial charge < -0.3 is 14.9 Å². The lowest BCUT2D eigenvalue weighted by Gasteiger charge is -2.36. The predicted octanol–water partition coefficient (Wildman–Crippen LogP) is 0.857. The summed E-state index contributed by atoms with van der Waals surface area (Å²) in [6, 6.07) is 3.77. The fraction of sp³-hybridized carbons (Fsp3) is 0.385. The molecule has 2 N–H and O–H groups in total. The number of H-pyrrole nitrogens is 1. The Morgan fingerprint density at radius 2 is 2.10 bits per heavy atom. The number of nitrogens with one attached hydrogen (secondary N) is 1. The van der Waals surface area contributed by atoms with Gasteiger partial charge >= 0.3 is 0 Å². The zero-order valence-electron chi connectivity index (χ0n) is 10.8. The summed E-state index contributed by atoms with van der Waals surface area (Å²) in [6.45, 7) is 2.21. The maximum atomic E-state index is 11.5. The number of benzene rings is 1. The highest BCUT2D eigenvalue weighted by Gasteiger charge is 2.22. The first-order valence-electron chi connectivity index (χ1n) is 6.45. The van der Waals surface area contributed by atoms with E-state index in [1.165, 1.54) is 0 Å². The van der Waals surface area contributed by atoms with Crippen LogP contribution in [0.2, 0.25) is 5.02 Å². The third-order valence-electron chi connectivity index (χ3n) is 3.61. The maximum Gasteiger partial charge on any atom is 0.248 e. The third-order valence-corrected chi connectivity index (χ3v) is 3.83. The van der Waals surface area contributed by atoms with E-state index in [1.807, 2.05) is 12.1 Å². The molecule has 2 heterocycles. The highest BCUT2D eigenvalue weighted by atomic mass is 35.5. The first kappa shape index (κ1) is 13.2. The molecule has 0 radical (unpaired) electrons. The van der Waals surface area contributed by atoms with Crippen LogP contribution in [0.5, 0.6) is 0 Å². The second kappa shape index (κ2) is 5.30. The van der Waals surface area contributed by atoms with Crippen LogP contribution in [0.3, 0.4) is 0 Å². The number of aromatic nitrogens is 2. The second-order valence-electron chi connectivity index (χ2n) is 4.78. The van der Waals surface area contributed by atoms with Crippen LogP contribution in [0.4, 0.5) is 5.69 Å². The van der Waals surface area contributed by atoms with E-state index in [4.69, 9.17) is 16.7 Å². The van der Waals surface area contributed by atoms with Crippen LogP contribution in [0.25, 0.3) is 10.9 Å². The summed E-state index contributed by atoms with van der Waals surface area (Å²) < 4.78 is 0. The van der Waals surface area contributed by atoms with Gasteiger partial charge in [0, 0.05) is 42.3 Å². The Morgan fingerprint density at radius 3 is 2.80 bits per heavy atom. The van der Waals surface area contributed by atoms with Gasteiger partial charge in [-0.3, -0.25) is 9.89 Å². The third kappa shape index (κ3) is 2.32. The second-order valence-corrected chi connectivity index (χ2v) is 5.22. The summed E-state index contributed by atoms with van der Waals surface area (Å²) in [6.07, 6.45) is 1.78. The molecule has 7 heteroatoms. The molecule has 0 saturated carbocycles. The van der Waals surface area contributed by atoms with E-state index >= 15 is 0 Å². The molecule has 2 aromatic rings. The first-order valence-corrected chi connectivity index (χ1v) is 6.83. The molecule has 1 aromatic heterocycles. The van der Waals surface area contributed by atoms with Gasteiger partial charge in [-0.15, -0.1) is 0 Å². The number of anilines is 1. The Labute approximate surface area is 120 Å². The summed E-state index contributed by atoms with van der Waals surface area (Å²) >= 11 is 6.13. The van der Waals surface area contributed by atoms with E-state index in [1.54, 1.807) is 11.1 Å². The minimum absolute atomic E-state index is 0.218. The van der Waals surface area contributed by atoms with E-state index < -0.39 is 6.61 Å². The average molecular weight is 295 g/mol. The molecule has 20 heavy (non-hydrogen) atoms. The van der Waals surface area contributed by atoms with Crippen LogP contribution in [0.15, 0.2) is 18.3 Å². The molecular formula is C13H15ClN4O2. The van der Waals surface area contributed by atoms with Gasteiger partial charge in [0.1, 0.15) is 6.61 Å². The number of nitrogens with zero attached hydrogens (tertiary/aromatic N) is 3. The molecule has 1 fully saturated rings. The Bertz CT molecular complexity index is 634. The largest absolute Gasteiger partial charge is 0.387 e. The van der Waals surface area contributed by atoms with Crippen LogP contribution in [0.1, 0.15) is 0 Å². The van der Waals surface area contributed by atoms with Gasteiger partial charge in [0.05, 0.1) is 11.7 Å². The summed E-state index contributed by atoms with van der Waals surface area (Å²) in [5.74, 6) is -0.218. The fourth-order valence-electron chi connectivity index (χ4n) is 2.56. The molecule has 0 unspecified atom stereocenters. The standard InChI is InChI=1S/C13H15ClN4O2/c14-9-5-11-10(7-15-16-11)12(6-9)17-1-3-18(4-2-17)13(20)8-19/h5-7,19H,1-4,8H2,(H,15,16). The zero-order valence-corrected chi connectivity index (χ0v) is 11.6. The van der Waals surface area contributed by atoms with Crippen molar-refractivity contribution in [3.63, 3.8) is 0 Å². The Kier molecular flexibility index (Phi) is 3.50. The monoisotopic (exact) mass is 294 g/mol. The fourth-order valence-corrected chi connectivity index (χ4v) is 2.77. The van der Waals surface area contributed by atoms with E-state index in [0.717, 1.165) is 16.6 Å². The SMILES string of the molecule is O=C(CO)N1CCN(c2cc(Cl)cc3[nH]ncc23)CC1. The molecule has 1 aromatic carbocycles. The van der Waals surface area contributed by atoms with Crippen molar-refractivity contribution in [2.75, 3.05) is 37.7 Å². The van der Waals surface area contributed by atoms with Crippen LogP contribution in [-0.2, 0) is 4.79 Å². The van der Waals surface area contributed by atoms with Crippen LogP contribution in [-0.4, -0.2) is 58.9 Å². The molecule has 0 aliphatic carbocycles. The van der Waals surface area contributed by atoms with Gasteiger partial charge in [-0.25, -0.2) is 0 Å². The molecular weight excluding hydrogens is 280 g/mol.